The number of phenols is 1. The summed E-state index contributed by atoms with van der Waals surface area (Å²) in [5.74, 6) is -0.273. The van der Waals surface area contributed by atoms with E-state index < -0.39 is 5.91 Å². The Balaban J connectivity index is 2.45. The lowest BCUT2D eigenvalue weighted by molar-refractivity contribution is -0.949. The van der Waals surface area contributed by atoms with Crippen molar-refractivity contribution < 1.29 is 14.4 Å². The third kappa shape index (κ3) is 4.69. The van der Waals surface area contributed by atoms with Crippen LogP contribution in [-0.2, 0) is 0 Å². The van der Waals surface area contributed by atoms with Crippen LogP contribution < -0.4 is 5.73 Å². The topological polar surface area (TPSA) is 63.3 Å². The number of benzene rings is 2. The minimum absolute atomic E-state index is 0.000417. The van der Waals surface area contributed by atoms with Crippen LogP contribution in [0.4, 0.5) is 0 Å². The molecule has 1 unspecified atom stereocenters. The molecular formula is C23H33N2O2+. The van der Waals surface area contributed by atoms with Gasteiger partial charge in [0.15, 0.2) is 0 Å². The minimum atomic E-state index is -0.479. The summed E-state index contributed by atoms with van der Waals surface area (Å²) in [4.78, 5) is 11.7. The number of carbonyl (C=O) groups excluding carboxylic acids is 1. The van der Waals surface area contributed by atoms with Crippen LogP contribution in [0.15, 0.2) is 48.5 Å². The highest BCUT2D eigenvalue weighted by Gasteiger charge is 2.31. The molecule has 2 rings (SSSR count). The fourth-order valence-electron chi connectivity index (χ4n) is 3.69. The van der Waals surface area contributed by atoms with Gasteiger partial charge in [-0.3, -0.25) is 4.79 Å². The Morgan fingerprint density at radius 2 is 1.63 bits per heavy atom. The molecular weight excluding hydrogens is 336 g/mol. The molecule has 0 radical (unpaired) electrons. The van der Waals surface area contributed by atoms with Gasteiger partial charge in [-0.1, -0.05) is 30.3 Å². The van der Waals surface area contributed by atoms with E-state index in [-0.39, 0.29) is 11.7 Å². The molecule has 1 amide bonds. The van der Waals surface area contributed by atoms with Gasteiger partial charge < -0.3 is 15.3 Å². The van der Waals surface area contributed by atoms with Crippen molar-refractivity contribution in [3.05, 3.63) is 65.2 Å². The van der Waals surface area contributed by atoms with Crippen molar-refractivity contribution in [3.8, 4) is 5.75 Å². The van der Waals surface area contributed by atoms with Gasteiger partial charge in [-0.15, -0.1) is 0 Å². The first-order valence-corrected chi connectivity index (χ1v) is 9.69. The number of aromatic hydroxyl groups is 1. The smallest absolute Gasteiger partial charge is 0.248 e. The van der Waals surface area contributed by atoms with E-state index in [1.807, 2.05) is 18.2 Å². The zero-order valence-corrected chi connectivity index (χ0v) is 17.1. The number of hydrogen-bond acceptors (Lipinski definition) is 2. The van der Waals surface area contributed by atoms with Crippen molar-refractivity contribution in [2.75, 3.05) is 13.6 Å². The molecule has 4 nitrogen and oxygen atoms in total. The highest BCUT2D eigenvalue weighted by molar-refractivity contribution is 5.93. The second-order valence-corrected chi connectivity index (χ2v) is 8.15. The van der Waals surface area contributed by atoms with Gasteiger partial charge in [0.25, 0.3) is 0 Å². The molecule has 0 aliphatic heterocycles. The van der Waals surface area contributed by atoms with Crippen LogP contribution >= 0.6 is 0 Å². The van der Waals surface area contributed by atoms with Gasteiger partial charge in [-0.2, -0.15) is 0 Å². The van der Waals surface area contributed by atoms with Crippen LogP contribution in [0.2, 0.25) is 0 Å². The van der Waals surface area contributed by atoms with Crippen molar-refractivity contribution in [2.24, 2.45) is 5.73 Å². The van der Waals surface area contributed by atoms with Gasteiger partial charge in [0.05, 0.1) is 25.7 Å². The minimum Gasteiger partial charge on any atom is -0.508 e. The van der Waals surface area contributed by atoms with Gasteiger partial charge >= 0.3 is 0 Å². The van der Waals surface area contributed by atoms with E-state index in [4.69, 9.17) is 5.73 Å². The lowest BCUT2D eigenvalue weighted by Crippen LogP contribution is -2.55. The number of carbonyl (C=O) groups is 1. The Morgan fingerprint density at radius 1 is 1.04 bits per heavy atom. The summed E-state index contributed by atoms with van der Waals surface area (Å²) in [6.45, 7) is 9.98. The van der Waals surface area contributed by atoms with Crippen LogP contribution in [-0.4, -0.2) is 41.2 Å². The molecule has 0 spiro atoms. The molecule has 0 saturated carbocycles. The summed E-state index contributed by atoms with van der Waals surface area (Å²) in [7, 11) is 2.29. The van der Waals surface area contributed by atoms with Gasteiger partial charge in [-0.05, 0) is 51.5 Å². The van der Waals surface area contributed by atoms with Crippen molar-refractivity contribution in [2.45, 2.75) is 52.1 Å². The molecule has 0 fully saturated rings. The summed E-state index contributed by atoms with van der Waals surface area (Å²) in [6.07, 6.45) is 0.868. The van der Waals surface area contributed by atoms with Crippen molar-refractivity contribution in [1.82, 2.24) is 0 Å². The number of rotatable bonds is 8. The van der Waals surface area contributed by atoms with Crippen LogP contribution in [0.25, 0.3) is 0 Å². The maximum absolute atomic E-state index is 11.7. The Bertz CT molecular complexity index is 761. The quantitative estimate of drug-likeness (QED) is 0.682. The molecule has 4 heteroatoms. The zero-order chi connectivity index (χ0) is 20.2. The number of nitrogens with two attached hydrogens (primary N) is 1. The number of quaternary nitrogens is 1. The lowest BCUT2D eigenvalue weighted by atomic mass is 9.86. The third-order valence-electron chi connectivity index (χ3n) is 6.15. The molecule has 3 N–H and O–H groups in total. The fraction of sp³-hybridized carbons (Fsp3) is 0.435. The third-order valence-corrected chi connectivity index (χ3v) is 6.15. The monoisotopic (exact) mass is 369 g/mol. The first-order valence-electron chi connectivity index (χ1n) is 9.69. The molecule has 1 atom stereocenters. The number of nitrogens with zero attached hydrogens (tertiary/aromatic N) is 1. The standard InChI is InChI=1S/C23H32N2O2/c1-16(2)25(5,17(3)4)14-13-20(18-9-7-6-8-10-18)21-15-19(23(24)27)11-12-22(21)26/h6-12,15-17,20H,13-14H2,1-5H3,(H2-,24,26,27)/p+1. The summed E-state index contributed by atoms with van der Waals surface area (Å²) in [6, 6.07) is 16.0. The van der Waals surface area contributed by atoms with Crippen LogP contribution in [0.5, 0.6) is 5.75 Å². The summed E-state index contributed by atoms with van der Waals surface area (Å²) in [5.41, 5.74) is 7.79. The Morgan fingerprint density at radius 3 is 2.15 bits per heavy atom. The summed E-state index contributed by atoms with van der Waals surface area (Å²) in [5, 5.41) is 10.5. The van der Waals surface area contributed by atoms with E-state index in [2.05, 4.69) is 46.9 Å². The van der Waals surface area contributed by atoms with E-state index in [1.54, 1.807) is 18.2 Å². The number of primary amides is 1. The van der Waals surface area contributed by atoms with Gasteiger partial charge in [0, 0.05) is 23.5 Å². The SMILES string of the molecule is CC(C)[N+](C)(CCC(c1ccccc1)c1cc(C(N)=O)ccc1O)C(C)C. The predicted molar refractivity (Wildman–Crippen MR) is 111 cm³/mol. The lowest BCUT2D eigenvalue weighted by Gasteiger charge is -2.43. The zero-order valence-electron chi connectivity index (χ0n) is 17.1. The van der Waals surface area contributed by atoms with E-state index >= 15 is 0 Å². The Kier molecular flexibility index (Phi) is 6.66. The molecule has 2 aromatic rings. The van der Waals surface area contributed by atoms with Gasteiger partial charge in [-0.25, -0.2) is 0 Å². The maximum Gasteiger partial charge on any atom is 0.248 e. The second kappa shape index (κ2) is 8.57. The molecule has 0 bridgehead atoms. The summed E-state index contributed by atoms with van der Waals surface area (Å²) >= 11 is 0. The molecule has 2 aromatic carbocycles. The number of phenolic OH excluding ortho intramolecular Hbond substituents is 1. The van der Waals surface area contributed by atoms with Crippen molar-refractivity contribution in [1.29, 1.82) is 0 Å². The van der Waals surface area contributed by atoms with Crippen LogP contribution in [0.3, 0.4) is 0 Å². The number of hydrogen-bond donors (Lipinski definition) is 2. The molecule has 0 saturated heterocycles. The van der Waals surface area contributed by atoms with E-state index in [0.717, 1.165) is 28.6 Å². The molecule has 0 aromatic heterocycles. The van der Waals surface area contributed by atoms with Crippen molar-refractivity contribution in [3.63, 3.8) is 0 Å². The van der Waals surface area contributed by atoms with E-state index in [0.29, 0.717) is 17.6 Å². The van der Waals surface area contributed by atoms with Crippen LogP contribution in [0, 0.1) is 0 Å². The normalized spacial score (nSPS) is 13.1. The summed E-state index contributed by atoms with van der Waals surface area (Å²) < 4.78 is 0.944. The molecule has 0 heterocycles. The first kappa shape index (κ1) is 21.0. The average molecular weight is 370 g/mol. The maximum atomic E-state index is 11.7. The van der Waals surface area contributed by atoms with E-state index in [1.165, 1.54) is 0 Å². The van der Waals surface area contributed by atoms with Gasteiger partial charge in [0.2, 0.25) is 5.91 Å². The Labute approximate surface area is 163 Å². The van der Waals surface area contributed by atoms with Crippen molar-refractivity contribution >= 4 is 5.91 Å². The van der Waals surface area contributed by atoms with E-state index in [9.17, 15) is 9.90 Å². The molecule has 0 aliphatic carbocycles. The predicted octanol–water partition coefficient (Wildman–Crippen LogP) is 4.28. The molecule has 27 heavy (non-hydrogen) atoms. The molecule has 146 valence electrons. The fourth-order valence-corrected chi connectivity index (χ4v) is 3.69. The highest BCUT2D eigenvalue weighted by atomic mass is 16.3. The molecule has 0 aliphatic rings. The van der Waals surface area contributed by atoms with Crippen LogP contribution in [0.1, 0.15) is 61.5 Å². The Hall–Kier alpha value is -2.33. The average Bonchev–Trinajstić information content (AvgIpc) is 2.63. The van der Waals surface area contributed by atoms with Gasteiger partial charge in [0.1, 0.15) is 5.75 Å². The number of amides is 1. The second-order valence-electron chi connectivity index (χ2n) is 8.15. The highest BCUT2D eigenvalue weighted by Crippen LogP contribution is 2.36. The first-order chi connectivity index (χ1) is 12.7. The largest absolute Gasteiger partial charge is 0.508 e.